The van der Waals surface area contributed by atoms with E-state index in [9.17, 15) is 0 Å². The molecule has 1 aromatic heterocycles. The minimum Gasteiger partial charge on any atom is -0.353 e. The molecule has 0 saturated carbocycles. The van der Waals surface area contributed by atoms with E-state index < -0.39 is 0 Å². The largest absolute Gasteiger partial charge is 0.353 e. The maximum Gasteiger partial charge on any atom is 0.0374 e. The molecule has 2 heteroatoms. The monoisotopic (exact) mass is 200 g/mol. The Morgan fingerprint density at radius 1 is 1.00 bits per heavy atom. The lowest BCUT2D eigenvalue weighted by Gasteiger charge is -2.12. The van der Waals surface area contributed by atoms with E-state index in [1.54, 1.807) is 0 Å². The van der Waals surface area contributed by atoms with Crippen LogP contribution < -0.4 is 5.73 Å². The SMILES string of the molecule is NC(Cc1ccccc1)Cn1cccc1. The number of nitrogens with zero attached hydrogens (tertiary/aromatic N) is 1. The number of hydrogen-bond donors (Lipinski definition) is 1. The highest BCUT2D eigenvalue weighted by atomic mass is 15.0. The van der Waals surface area contributed by atoms with E-state index in [2.05, 4.69) is 28.8 Å². The molecule has 78 valence electrons. The lowest BCUT2D eigenvalue weighted by molar-refractivity contribution is 0.551. The first-order valence-corrected chi connectivity index (χ1v) is 5.25. The van der Waals surface area contributed by atoms with Crippen LogP contribution in [-0.4, -0.2) is 10.6 Å². The molecule has 15 heavy (non-hydrogen) atoms. The van der Waals surface area contributed by atoms with Gasteiger partial charge in [0.2, 0.25) is 0 Å². The quantitative estimate of drug-likeness (QED) is 0.804. The summed E-state index contributed by atoms with van der Waals surface area (Å²) < 4.78 is 2.12. The van der Waals surface area contributed by atoms with Gasteiger partial charge in [-0.15, -0.1) is 0 Å². The first-order valence-electron chi connectivity index (χ1n) is 5.25. The van der Waals surface area contributed by atoms with Crippen LogP contribution in [0.25, 0.3) is 0 Å². The lowest BCUT2D eigenvalue weighted by atomic mass is 10.1. The second-order valence-corrected chi connectivity index (χ2v) is 3.83. The van der Waals surface area contributed by atoms with E-state index in [4.69, 9.17) is 5.73 Å². The molecule has 0 saturated heterocycles. The van der Waals surface area contributed by atoms with E-state index in [1.165, 1.54) is 5.56 Å². The lowest BCUT2D eigenvalue weighted by Crippen LogP contribution is -2.27. The number of aromatic nitrogens is 1. The summed E-state index contributed by atoms with van der Waals surface area (Å²) in [5, 5.41) is 0. The molecule has 2 aromatic rings. The highest BCUT2D eigenvalue weighted by Gasteiger charge is 2.03. The van der Waals surface area contributed by atoms with Crippen molar-refractivity contribution in [1.29, 1.82) is 0 Å². The molecule has 2 rings (SSSR count). The van der Waals surface area contributed by atoms with Crippen molar-refractivity contribution in [2.45, 2.75) is 19.0 Å². The van der Waals surface area contributed by atoms with Crippen LogP contribution in [0.1, 0.15) is 5.56 Å². The number of benzene rings is 1. The summed E-state index contributed by atoms with van der Waals surface area (Å²) in [6, 6.07) is 14.6. The fraction of sp³-hybridized carbons (Fsp3) is 0.231. The molecule has 1 aromatic carbocycles. The first kappa shape index (κ1) is 9.99. The van der Waals surface area contributed by atoms with Crippen LogP contribution in [0.2, 0.25) is 0 Å². The van der Waals surface area contributed by atoms with Crippen molar-refractivity contribution >= 4 is 0 Å². The molecular weight excluding hydrogens is 184 g/mol. The molecule has 0 aliphatic rings. The molecule has 0 bridgehead atoms. The van der Waals surface area contributed by atoms with Crippen molar-refractivity contribution in [1.82, 2.24) is 4.57 Å². The van der Waals surface area contributed by atoms with Crippen molar-refractivity contribution in [3.8, 4) is 0 Å². The zero-order valence-corrected chi connectivity index (χ0v) is 8.71. The highest BCUT2D eigenvalue weighted by Crippen LogP contribution is 2.03. The maximum absolute atomic E-state index is 6.08. The summed E-state index contributed by atoms with van der Waals surface area (Å²) >= 11 is 0. The molecule has 2 N–H and O–H groups in total. The van der Waals surface area contributed by atoms with E-state index in [0.29, 0.717) is 0 Å². The van der Waals surface area contributed by atoms with Gasteiger partial charge >= 0.3 is 0 Å². The van der Waals surface area contributed by atoms with E-state index in [1.807, 2.05) is 30.6 Å². The van der Waals surface area contributed by atoms with Crippen LogP contribution in [0.5, 0.6) is 0 Å². The van der Waals surface area contributed by atoms with Gasteiger partial charge in [-0.05, 0) is 24.1 Å². The first-order chi connectivity index (χ1) is 7.34. The van der Waals surface area contributed by atoms with E-state index >= 15 is 0 Å². The van der Waals surface area contributed by atoms with Gasteiger partial charge in [-0.3, -0.25) is 0 Å². The van der Waals surface area contributed by atoms with Gasteiger partial charge < -0.3 is 10.3 Å². The molecule has 1 unspecified atom stereocenters. The molecule has 0 radical (unpaired) electrons. The fourth-order valence-electron chi connectivity index (χ4n) is 1.74. The number of hydrogen-bond acceptors (Lipinski definition) is 1. The minimum absolute atomic E-state index is 0.180. The number of nitrogens with two attached hydrogens (primary N) is 1. The average molecular weight is 200 g/mol. The molecule has 0 spiro atoms. The summed E-state index contributed by atoms with van der Waals surface area (Å²) in [5.74, 6) is 0. The van der Waals surface area contributed by atoms with Gasteiger partial charge in [-0.25, -0.2) is 0 Å². The van der Waals surface area contributed by atoms with Gasteiger partial charge in [0.05, 0.1) is 0 Å². The molecule has 2 nitrogen and oxygen atoms in total. The Morgan fingerprint density at radius 2 is 1.67 bits per heavy atom. The third-order valence-corrected chi connectivity index (χ3v) is 2.45. The Kier molecular flexibility index (Phi) is 3.20. The molecule has 0 fully saturated rings. The Bertz CT molecular complexity index is 378. The van der Waals surface area contributed by atoms with Crippen molar-refractivity contribution in [2.24, 2.45) is 5.73 Å². The summed E-state index contributed by atoms with van der Waals surface area (Å²) in [5.41, 5.74) is 7.38. The fourth-order valence-corrected chi connectivity index (χ4v) is 1.74. The normalized spacial score (nSPS) is 12.6. The molecule has 0 amide bonds. The second kappa shape index (κ2) is 4.80. The predicted octanol–water partition coefficient (Wildman–Crippen LogP) is 2.06. The van der Waals surface area contributed by atoms with Crippen molar-refractivity contribution in [3.63, 3.8) is 0 Å². The van der Waals surface area contributed by atoms with Crippen LogP contribution in [0.15, 0.2) is 54.9 Å². The zero-order valence-electron chi connectivity index (χ0n) is 8.71. The molecular formula is C13H16N2. The highest BCUT2D eigenvalue weighted by molar-refractivity contribution is 5.15. The Labute approximate surface area is 90.3 Å². The molecule has 1 heterocycles. The maximum atomic E-state index is 6.08. The zero-order chi connectivity index (χ0) is 10.5. The van der Waals surface area contributed by atoms with Gasteiger partial charge in [-0.1, -0.05) is 30.3 Å². The third-order valence-electron chi connectivity index (χ3n) is 2.45. The molecule has 1 atom stereocenters. The van der Waals surface area contributed by atoms with Crippen molar-refractivity contribution in [3.05, 3.63) is 60.4 Å². The number of rotatable bonds is 4. The third kappa shape index (κ3) is 2.96. The molecule has 0 aliphatic heterocycles. The van der Waals surface area contributed by atoms with Crippen LogP contribution in [-0.2, 0) is 13.0 Å². The van der Waals surface area contributed by atoms with Crippen molar-refractivity contribution < 1.29 is 0 Å². The Balaban J connectivity index is 1.90. The summed E-state index contributed by atoms with van der Waals surface area (Å²) in [7, 11) is 0. The topological polar surface area (TPSA) is 30.9 Å². The Hall–Kier alpha value is -1.54. The van der Waals surface area contributed by atoms with Crippen molar-refractivity contribution in [2.75, 3.05) is 0 Å². The standard InChI is InChI=1S/C13H16N2/c14-13(11-15-8-4-5-9-15)10-12-6-2-1-3-7-12/h1-9,13H,10-11,14H2. The Morgan fingerprint density at radius 3 is 2.33 bits per heavy atom. The minimum atomic E-state index is 0.180. The average Bonchev–Trinajstić information content (AvgIpc) is 2.71. The smallest absolute Gasteiger partial charge is 0.0374 e. The van der Waals surface area contributed by atoms with Crippen LogP contribution in [0.3, 0.4) is 0 Å². The van der Waals surface area contributed by atoms with Crippen LogP contribution in [0.4, 0.5) is 0 Å². The summed E-state index contributed by atoms with van der Waals surface area (Å²) in [4.78, 5) is 0. The van der Waals surface area contributed by atoms with Crippen LogP contribution in [0, 0.1) is 0 Å². The summed E-state index contributed by atoms with van der Waals surface area (Å²) in [6.45, 7) is 0.877. The van der Waals surface area contributed by atoms with Gasteiger partial charge in [0.15, 0.2) is 0 Å². The van der Waals surface area contributed by atoms with Crippen LogP contribution >= 0.6 is 0 Å². The van der Waals surface area contributed by atoms with Gasteiger partial charge in [0.1, 0.15) is 0 Å². The predicted molar refractivity (Wildman–Crippen MR) is 62.6 cm³/mol. The summed E-state index contributed by atoms with van der Waals surface area (Å²) in [6.07, 6.45) is 5.02. The van der Waals surface area contributed by atoms with Gasteiger partial charge in [0.25, 0.3) is 0 Å². The van der Waals surface area contributed by atoms with Gasteiger partial charge in [-0.2, -0.15) is 0 Å². The molecule has 0 aliphatic carbocycles. The van der Waals surface area contributed by atoms with E-state index in [-0.39, 0.29) is 6.04 Å². The van der Waals surface area contributed by atoms with Gasteiger partial charge in [0, 0.05) is 25.0 Å². The second-order valence-electron chi connectivity index (χ2n) is 3.83. The van der Waals surface area contributed by atoms with E-state index in [0.717, 1.165) is 13.0 Å².